The molecule has 1 aliphatic rings. The van der Waals surface area contributed by atoms with Crippen LogP contribution in [0.1, 0.15) is 61.4 Å². The second-order valence-electron chi connectivity index (χ2n) is 6.11. The van der Waals surface area contributed by atoms with Crippen LogP contribution in [0.2, 0.25) is 0 Å². The fraction of sp³-hybridized carbons (Fsp3) is 0.588. The molecule has 0 spiro atoms. The molecule has 0 bridgehead atoms. The van der Waals surface area contributed by atoms with Crippen LogP contribution in [0.25, 0.3) is 0 Å². The van der Waals surface area contributed by atoms with Gasteiger partial charge in [0.25, 0.3) is 5.91 Å². The van der Waals surface area contributed by atoms with Gasteiger partial charge in [0.1, 0.15) is 0 Å². The van der Waals surface area contributed by atoms with Gasteiger partial charge in [-0.25, -0.2) is 0 Å². The van der Waals surface area contributed by atoms with Gasteiger partial charge in [-0.15, -0.1) is 0 Å². The molecule has 0 aliphatic heterocycles. The lowest BCUT2D eigenvalue weighted by Crippen LogP contribution is -2.37. The fourth-order valence-electron chi connectivity index (χ4n) is 3.22. The highest BCUT2D eigenvalue weighted by Gasteiger charge is 2.22. The number of benzene rings is 1. The van der Waals surface area contributed by atoms with Gasteiger partial charge in [0, 0.05) is 17.3 Å². The topological polar surface area (TPSA) is 55.1 Å². The van der Waals surface area contributed by atoms with Gasteiger partial charge in [-0.1, -0.05) is 19.8 Å². The summed E-state index contributed by atoms with van der Waals surface area (Å²) in [7, 11) is 0. The van der Waals surface area contributed by atoms with E-state index in [-0.39, 0.29) is 5.91 Å². The van der Waals surface area contributed by atoms with Crippen molar-refractivity contribution in [3.05, 3.63) is 29.3 Å². The number of nitrogens with two attached hydrogens (primary N) is 1. The van der Waals surface area contributed by atoms with Crippen molar-refractivity contribution in [3.63, 3.8) is 0 Å². The molecule has 0 saturated heterocycles. The summed E-state index contributed by atoms with van der Waals surface area (Å²) >= 11 is 0. The lowest BCUT2D eigenvalue weighted by Gasteiger charge is -2.29. The molecule has 0 unspecified atom stereocenters. The summed E-state index contributed by atoms with van der Waals surface area (Å²) < 4.78 is 0. The van der Waals surface area contributed by atoms with E-state index >= 15 is 0 Å². The van der Waals surface area contributed by atoms with E-state index in [0.717, 1.165) is 24.3 Å². The molecule has 2 rings (SSSR count). The van der Waals surface area contributed by atoms with Crippen LogP contribution in [0.3, 0.4) is 0 Å². The zero-order chi connectivity index (χ0) is 14.5. The summed E-state index contributed by atoms with van der Waals surface area (Å²) in [6, 6.07) is 5.86. The third-order valence-corrected chi connectivity index (χ3v) is 4.24. The molecule has 3 N–H and O–H groups in total. The van der Waals surface area contributed by atoms with Crippen LogP contribution >= 0.6 is 0 Å². The Hall–Kier alpha value is -1.51. The molecule has 1 saturated carbocycles. The Morgan fingerprint density at radius 1 is 1.25 bits per heavy atom. The Kier molecular flexibility index (Phi) is 5.05. The zero-order valence-electron chi connectivity index (χ0n) is 12.6. The number of carbonyl (C=O) groups excluding carboxylic acids is 1. The van der Waals surface area contributed by atoms with Gasteiger partial charge in [-0.2, -0.15) is 0 Å². The first-order valence-corrected chi connectivity index (χ1v) is 7.76. The number of nitrogen functional groups attached to an aromatic ring is 1. The molecule has 3 heteroatoms. The third kappa shape index (κ3) is 3.99. The first kappa shape index (κ1) is 14.9. The molecule has 1 fully saturated rings. The third-order valence-electron chi connectivity index (χ3n) is 4.24. The minimum atomic E-state index is 0.0133. The summed E-state index contributed by atoms with van der Waals surface area (Å²) in [5.74, 6) is 0.877. The van der Waals surface area contributed by atoms with E-state index in [9.17, 15) is 4.79 Å². The van der Waals surface area contributed by atoms with Crippen molar-refractivity contribution in [2.24, 2.45) is 5.92 Å². The maximum absolute atomic E-state index is 12.3. The van der Waals surface area contributed by atoms with Crippen LogP contribution in [0, 0.1) is 12.8 Å². The molecule has 1 aromatic carbocycles. The monoisotopic (exact) mass is 274 g/mol. The maximum atomic E-state index is 12.3. The molecule has 1 aromatic rings. The maximum Gasteiger partial charge on any atom is 0.251 e. The minimum Gasteiger partial charge on any atom is -0.399 e. The van der Waals surface area contributed by atoms with Crippen LogP contribution in [-0.4, -0.2) is 11.9 Å². The number of amides is 1. The predicted octanol–water partition coefficient (Wildman–Crippen LogP) is 3.67. The smallest absolute Gasteiger partial charge is 0.251 e. The second kappa shape index (κ2) is 6.78. The number of nitrogens with one attached hydrogen (secondary N) is 1. The van der Waals surface area contributed by atoms with Crippen molar-refractivity contribution >= 4 is 11.6 Å². The Morgan fingerprint density at radius 3 is 2.55 bits per heavy atom. The average molecular weight is 274 g/mol. The molecule has 0 aromatic heterocycles. The molecular formula is C17H26N2O. The zero-order valence-corrected chi connectivity index (χ0v) is 12.6. The molecular weight excluding hydrogens is 248 g/mol. The summed E-state index contributed by atoms with van der Waals surface area (Å²) in [5, 5.41) is 3.16. The number of aryl methyl sites for hydroxylation is 1. The van der Waals surface area contributed by atoms with E-state index in [2.05, 4.69) is 12.2 Å². The number of anilines is 1. The summed E-state index contributed by atoms with van der Waals surface area (Å²) in [5.41, 5.74) is 8.16. The van der Waals surface area contributed by atoms with Gasteiger partial charge in [0.2, 0.25) is 0 Å². The fourth-order valence-corrected chi connectivity index (χ4v) is 3.22. The van der Waals surface area contributed by atoms with Gasteiger partial charge < -0.3 is 11.1 Å². The standard InChI is InChI=1S/C17H26N2O/c1-3-4-13-5-7-16(8-6-13)19-17(20)14-9-12(2)10-15(18)11-14/h9-11,13,16H,3-8,18H2,1-2H3,(H,19,20). The highest BCUT2D eigenvalue weighted by molar-refractivity contribution is 5.95. The van der Waals surface area contributed by atoms with Crippen molar-refractivity contribution in [2.45, 2.75) is 58.4 Å². The molecule has 0 atom stereocenters. The van der Waals surface area contributed by atoms with E-state index in [1.165, 1.54) is 25.7 Å². The molecule has 110 valence electrons. The molecule has 0 heterocycles. The Labute approximate surface area is 121 Å². The van der Waals surface area contributed by atoms with Gasteiger partial charge >= 0.3 is 0 Å². The van der Waals surface area contributed by atoms with Crippen molar-refractivity contribution in [2.75, 3.05) is 5.73 Å². The van der Waals surface area contributed by atoms with Crippen molar-refractivity contribution < 1.29 is 4.79 Å². The van der Waals surface area contributed by atoms with Crippen molar-refractivity contribution in [1.82, 2.24) is 5.32 Å². The summed E-state index contributed by atoms with van der Waals surface area (Å²) in [4.78, 5) is 12.3. The summed E-state index contributed by atoms with van der Waals surface area (Å²) in [6.45, 7) is 4.21. The second-order valence-corrected chi connectivity index (χ2v) is 6.11. The lowest BCUT2D eigenvalue weighted by atomic mass is 9.83. The van der Waals surface area contributed by atoms with Crippen LogP contribution in [-0.2, 0) is 0 Å². The molecule has 3 nitrogen and oxygen atoms in total. The predicted molar refractivity (Wildman–Crippen MR) is 83.7 cm³/mol. The largest absolute Gasteiger partial charge is 0.399 e. The molecule has 20 heavy (non-hydrogen) atoms. The first-order chi connectivity index (χ1) is 9.58. The number of hydrogen-bond acceptors (Lipinski definition) is 2. The Morgan fingerprint density at radius 2 is 1.95 bits per heavy atom. The first-order valence-electron chi connectivity index (χ1n) is 7.76. The van der Waals surface area contributed by atoms with E-state index in [1.54, 1.807) is 6.07 Å². The van der Waals surface area contributed by atoms with Crippen LogP contribution in [0.5, 0.6) is 0 Å². The van der Waals surface area contributed by atoms with Gasteiger partial charge in [-0.3, -0.25) is 4.79 Å². The highest BCUT2D eigenvalue weighted by atomic mass is 16.1. The highest BCUT2D eigenvalue weighted by Crippen LogP contribution is 2.27. The molecule has 1 amide bonds. The van der Waals surface area contributed by atoms with Crippen molar-refractivity contribution in [3.8, 4) is 0 Å². The lowest BCUT2D eigenvalue weighted by molar-refractivity contribution is 0.0921. The summed E-state index contributed by atoms with van der Waals surface area (Å²) in [6.07, 6.45) is 7.30. The minimum absolute atomic E-state index is 0.0133. The van der Waals surface area contributed by atoms with E-state index in [4.69, 9.17) is 5.73 Å². The number of rotatable bonds is 4. The Bertz CT molecular complexity index is 442. The van der Waals surface area contributed by atoms with Crippen LogP contribution in [0.4, 0.5) is 5.69 Å². The molecule has 0 radical (unpaired) electrons. The van der Waals surface area contributed by atoms with Gasteiger partial charge in [0.05, 0.1) is 0 Å². The van der Waals surface area contributed by atoms with E-state index in [0.29, 0.717) is 17.3 Å². The average Bonchev–Trinajstić information content (AvgIpc) is 2.40. The Balaban J connectivity index is 1.89. The SMILES string of the molecule is CCCC1CCC(NC(=O)c2cc(C)cc(N)c2)CC1. The van der Waals surface area contributed by atoms with Crippen LogP contribution in [0.15, 0.2) is 18.2 Å². The van der Waals surface area contributed by atoms with Gasteiger partial charge in [-0.05, 0) is 62.3 Å². The number of carbonyl (C=O) groups is 1. The van der Waals surface area contributed by atoms with Crippen molar-refractivity contribution in [1.29, 1.82) is 0 Å². The quantitative estimate of drug-likeness (QED) is 0.823. The normalized spacial score (nSPS) is 22.5. The van der Waals surface area contributed by atoms with Gasteiger partial charge in [0.15, 0.2) is 0 Å². The van der Waals surface area contributed by atoms with E-state index in [1.807, 2.05) is 19.1 Å². The molecule has 1 aliphatic carbocycles. The number of hydrogen-bond donors (Lipinski definition) is 2. The van der Waals surface area contributed by atoms with E-state index < -0.39 is 0 Å². The van der Waals surface area contributed by atoms with Crippen LogP contribution < -0.4 is 11.1 Å².